The van der Waals surface area contributed by atoms with E-state index in [2.05, 4.69) is 16.0 Å². The number of rotatable bonds is 9. The second kappa shape index (κ2) is 12.3. The number of carbonyl (C=O) groups is 4. The minimum Gasteiger partial charge on any atom is -0.368 e. The first-order valence-corrected chi connectivity index (χ1v) is 13.6. The van der Waals surface area contributed by atoms with Gasteiger partial charge in [0.2, 0.25) is 17.7 Å². The van der Waals surface area contributed by atoms with E-state index >= 15 is 0 Å². The van der Waals surface area contributed by atoms with Crippen LogP contribution in [0.1, 0.15) is 43.4 Å². The van der Waals surface area contributed by atoms with Gasteiger partial charge >= 0.3 is 6.03 Å². The molecule has 5 N–H and O–H groups in total. The van der Waals surface area contributed by atoms with Crippen LogP contribution in [0.2, 0.25) is 0 Å². The van der Waals surface area contributed by atoms with E-state index in [9.17, 15) is 19.2 Å². The van der Waals surface area contributed by atoms with Gasteiger partial charge in [-0.05, 0) is 37.0 Å². The van der Waals surface area contributed by atoms with E-state index < -0.39 is 23.9 Å². The number of nitrogens with one attached hydrogen (secondary N) is 3. The third kappa shape index (κ3) is 7.36. The Kier molecular flexibility index (Phi) is 9.42. The van der Waals surface area contributed by atoms with E-state index in [4.69, 9.17) is 5.73 Å². The molecule has 1 aliphatic carbocycles. The molecule has 0 radical (unpaired) electrons. The van der Waals surface area contributed by atoms with Crippen LogP contribution >= 0.6 is 23.1 Å². The fourth-order valence-electron chi connectivity index (χ4n) is 4.45. The summed E-state index contributed by atoms with van der Waals surface area (Å²) in [5, 5.41) is 10.6. The Hall–Kier alpha value is -2.27. The zero-order valence-electron chi connectivity index (χ0n) is 18.9. The van der Waals surface area contributed by atoms with Crippen LogP contribution in [0.4, 0.5) is 4.79 Å². The van der Waals surface area contributed by atoms with E-state index in [1.54, 1.807) is 0 Å². The third-order valence-electron chi connectivity index (χ3n) is 6.11. The van der Waals surface area contributed by atoms with Crippen molar-refractivity contribution in [3.63, 3.8) is 0 Å². The maximum absolute atomic E-state index is 13.1. The highest BCUT2D eigenvalue weighted by atomic mass is 32.2. The molecule has 182 valence electrons. The van der Waals surface area contributed by atoms with Crippen molar-refractivity contribution in [2.75, 3.05) is 18.6 Å². The summed E-state index contributed by atoms with van der Waals surface area (Å²) in [7, 11) is 0. The normalized spacial score (nSPS) is 21.9. The quantitative estimate of drug-likeness (QED) is 0.409. The van der Waals surface area contributed by atoms with Gasteiger partial charge in [0.15, 0.2) is 0 Å². The number of carbonyl (C=O) groups excluding carboxylic acids is 4. The van der Waals surface area contributed by atoms with Crippen LogP contribution in [0.5, 0.6) is 0 Å². The lowest BCUT2D eigenvalue weighted by atomic mass is 9.96. The SMILES string of the molecule is CSCC(=O)N1C[C@@H](NC(=O)NC2CCCCC2)C[C@H]1C(=O)N[C@@H](Cc1cccs1)C(N)=O. The van der Waals surface area contributed by atoms with E-state index in [-0.39, 0.29) is 42.7 Å². The highest BCUT2D eigenvalue weighted by Crippen LogP contribution is 2.21. The van der Waals surface area contributed by atoms with Crippen molar-refractivity contribution in [3.05, 3.63) is 22.4 Å². The monoisotopic (exact) mass is 495 g/mol. The predicted molar refractivity (Wildman–Crippen MR) is 130 cm³/mol. The molecule has 3 atom stereocenters. The summed E-state index contributed by atoms with van der Waals surface area (Å²) < 4.78 is 0. The van der Waals surface area contributed by atoms with Gasteiger partial charge in [0.25, 0.3) is 0 Å². The van der Waals surface area contributed by atoms with Gasteiger partial charge in [0, 0.05) is 23.9 Å². The highest BCUT2D eigenvalue weighted by molar-refractivity contribution is 7.99. The standard InChI is InChI=1S/C22H33N5O4S2/c1-32-13-19(28)27-12-15(25-22(31)24-14-6-3-2-4-7-14)10-18(27)21(30)26-17(20(23)29)11-16-8-5-9-33-16/h5,8-9,14-15,17-18H,2-4,6-7,10-13H2,1H3,(H2,23,29)(H,26,30)(H2,24,25,31)/t15-,17-,18-/m0/s1. The summed E-state index contributed by atoms with van der Waals surface area (Å²) in [6.45, 7) is 0.252. The second-order valence-electron chi connectivity index (χ2n) is 8.63. The first-order valence-electron chi connectivity index (χ1n) is 11.3. The number of hydrogen-bond acceptors (Lipinski definition) is 6. The molecule has 2 aliphatic rings. The molecule has 9 nitrogen and oxygen atoms in total. The summed E-state index contributed by atoms with van der Waals surface area (Å²) in [6, 6.07) is 1.67. The number of nitrogens with two attached hydrogens (primary N) is 1. The van der Waals surface area contributed by atoms with Crippen LogP contribution in [-0.2, 0) is 20.8 Å². The summed E-state index contributed by atoms with van der Waals surface area (Å²) >= 11 is 2.86. The molecule has 0 spiro atoms. The number of likely N-dealkylation sites (tertiary alicyclic amines) is 1. The van der Waals surface area contributed by atoms with Crippen LogP contribution < -0.4 is 21.7 Å². The number of primary amides is 1. The second-order valence-corrected chi connectivity index (χ2v) is 10.5. The number of thiophene rings is 1. The first-order chi connectivity index (χ1) is 15.9. The molecule has 5 amide bonds. The summed E-state index contributed by atoms with van der Waals surface area (Å²) in [4.78, 5) is 52.7. The number of nitrogens with zero attached hydrogens (tertiary/aromatic N) is 1. The zero-order valence-corrected chi connectivity index (χ0v) is 20.5. The Bertz CT molecular complexity index is 829. The molecule has 3 rings (SSSR count). The van der Waals surface area contributed by atoms with Gasteiger partial charge in [-0.2, -0.15) is 11.8 Å². The average Bonchev–Trinajstić information content (AvgIpc) is 3.44. The van der Waals surface area contributed by atoms with Crippen LogP contribution in [0.25, 0.3) is 0 Å². The Balaban J connectivity index is 1.62. The molecule has 1 saturated heterocycles. The van der Waals surface area contributed by atoms with Gasteiger partial charge in [-0.25, -0.2) is 4.79 Å². The molecule has 1 aromatic rings. The Morgan fingerprint density at radius 1 is 1.18 bits per heavy atom. The van der Waals surface area contributed by atoms with Crippen molar-refractivity contribution in [2.45, 2.75) is 69.1 Å². The summed E-state index contributed by atoms with van der Waals surface area (Å²) in [5.74, 6) is -0.993. The molecule has 0 aromatic carbocycles. The number of thioether (sulfide) groups is 1. The molecule has 2 fully saturated rings. The maximum Gasteiger partial charge on any atom is 0.315 e. The first kappa shape index (κ1) is 25.4. The minimum absolute atomic E-state index is 0.169. The molecule has 33 heavy (non-hydrogen) atoms. The predicted octanol–water partition coefficient (Wildman–Crippen LogP) is 1.23. The van der Waals surface area contributed by atoms with Crippen LogP contribution in [0.3, 0.4) is 0 Å². The minimum atomic E-state index is -0.865. The molecule has 2 heterocycles. The van der Waals surface area contributed by atoms with E-state index in [0.717, 1.165) is 30.6 Å². The van der Waals surface area contributed by atoms with E-state index in [1.807, 2.05) is 23.8 Å². The molecule has 1 aromatic heterocycles. The van der Waals surface area contributed by atoms with Crippen molar-refractivity contribution in [3.8, 4) is 0 Å². The van der Waals surface area contributed by atoms with Gasteiger partial charge in [-0.1, -0.05) is 25.3 Å². The maximum atomic E-state index is 13.1. The zero-order chi connectivity index (χ0) is 23.8. The van der Waals surface area contributed by atoms with Gasteiger partial charge in [0.1, 0.15) is 12.1 Å². The Morgan fingerprint density at radius 2 is 1.91 bits per heavy atom. The van der Waals surface area contributed by atoms with Crippen molar-refractivity contribution in [1.82, 2.24) is 20.9 Å². The highest BCUT2D eigenvalue weighted by Gasteiger charge is 2.41. The smallest absolute Gasteiger partial charge is 0.315 e. The fourth-order valence-corrected chi connectivity index (χ4v) is 5.62. The van der Waals surface area contributed by atoms with Crippen molar-refractivity contribution in [1.29, 1.82) is 0 Å². The van der Waals surface area contributed by atoms with Crippen LogP contribution in [0, 0.1) is 0 Å². The summed E-state index contributed by atoms with van der Waals surface area (Å²) in [6.07, 6.45) is 7.77. The van der Waals surface area contributed by atoms with Crippen molar-refractivity contribution in [2.24, 2.45) is 5.73 Å². The van der Waals surface area contributed by atoms with Gasteiger partial charge in [0.05, 0.1) is 11.8 Å². The van der Waals surface area contributed by atoms with E-state index in [0.29, 0.717) is 6.42 Å². The van der Waals surface area contributed by atoms with E-state index in [1.165, 1.54) is 34.4 Å². The van der Waals surface area contributed by atoms with Crippen LogP contribution in [0.15, 0.2) is 17.5 Å². The number of urea groups is 1. The van der Waals surface area contributed by atoms with Gasteiger partial charge in [-0.3, -0.25) is 14.4 Å². The topological polar surface area (TPSA) is 134 Å². The molecule has 1 saturated carbocycles. The Labute approximate surface area is 202 Å². The summed E-state index contributed by atoms with van der Waals surface area (Å²) in [5.41, 5.74) is 5.53. The van der Waals surface area contributed by atoms with Crippen LogP contribution in [-0.4, -0.2) is 71.4 Å². The van der Waals surface area contributed by atoms with Crippen molar-refractivity contribution < 1.29 is 19.2 Å². The molecule has 11 heteroatoms. The lowest BCUT2D eigenvalue weighted by Gasteiger charge is -2.25. The molecular weight excluding hydrogens is 462 g/mol. The molecule has 0 bridgehead atoms. The number of hydrogen-bond donors (Lipinski definition) is 4. The molecular formula is C22H33N5O4S2. The molecule has 1 aliphatic heterocycles. The lowest BCUT2D eigenvalue weighted by molar-refractivity contribution is -0.137. The number of amides is 5. The third-order valence-corrected chi connectivity index (χ3v) is 7.55. The lowest BCUT2D eigenvalue weighted by Crippen LogP contribution is -2.53. The average molecular weight is 496 g/mol. The van der Waals surface area contributed by atoms with Gasteiger partial charge < -0.3 is 26.6 Å². The Morgan fingerprint density at radius 3 is 2.55 bits per heavy atom. The van der Waals surface area contributed by atoms with Gasteiger partial charge in [-0.15, -0.1) is 11.3 Å². The van der Waals surface area contributed by atoms with Crippen molar-refractivity contribution >= 4 is 46.9 Å². The largest absolute Gasteiger partial charge is 0.368 e. The fraction of sp³-hybridized carbons (Fsp3) is 0.636. The molecule has 0 unspecified atom stereocenters.